The molecule has 180 valence electrons. The third-order valence-corrected chi connectivity index (χ3v) is 6.50. The van der Waals surface area contributed by atoms with Crippen LogP contribution in [-0.2, 0) is 26.2 Å². The number of rotatable bonds is 11. The molecule has 1 N–H and O–H groups in total. The number of carbonyl (C=O) groups is 2. The second-order valence-corrected chi connectivity index (χ2v) is 9.98. The molecule has 10 heteroatoms. The summed E-state index contributed by atoms with van der Waals surface area (Å²) in [7, 11) is -3.63. The molecule has 7 nitrogen and oxygen atoms in total. The molecule has 2 aromatic carbocycles. The van der Waals surface area contributed by atoms with E-state index >= 15 is 0 Å². The lowest BCUT2D eigenvalue weighted by atomic mass is 10.1. The average Bonchev–Trinajstić information content (AvgIpc) is 2.76. The van der Waals surface area contributed by atoms with Crippen molar-refractivity contribution in [2.75, 3.05) is 23.7 Å². The monoisotopic (exact) mass is 497 g/mol. The van der Waals surface area contributed by atoms with Crippen LogP contribution < -0.4 is 9.62 Å². The summed E-state index contributed by atoms with van der Waals surface area (Å²) in [6.07, 6.45) is 1.31. The molecule has 0 bridgehead atoms. The van der Waals surface area contributed by atoms with E-state index in [1.165, 1.54) is 29.2 Å². The van der Waals surface area contributed by atoms with Gasteiger partial charge in [0, 0.05) is 31.1 Å². The van der Waals surface area contributed by atoms with Gasteiger partial charge in [0.25, 0.3) is 0 Å². The van der Waals surface area contributed by atoms with Crippen LogP contribution in [0.15, 0.2) is 48.5 Å². The number of benzene rings is 2. The lowest BCUT2D eigenvalue weighted by Gasteiger charge is -2.29. The summed E-state index contributed by atoms with van der Waals surface area (Å²) in [5.41, 5.74) is 1.13. The highest BCUT2D eigenvalue weighted by atomic mass is 35.5. The van der Waals surface area contributed by atoms with Gasteiger partial charge in [-0.25, -0.2) is 12.8 Å². The molecule has 2 aromatic rings. The number of amides is 2. The summed E-state index contributed by atoms with van der Waals surface area (Å²) in [6.45, 7) is 4.14. The Labute approximate surface area is 199 Å². The SMILES string of the molecule is CCNC(=O)C(C)N(Cc1ccc(Cl)cc1)C(=O)CCCN(c1ccc(F)cc1)S(C)(=O)=O. The minimum Gasteiger partial charge on any atom is -0.355 e. The standard InChI is InChI=1S/C23H29ClFN3O4S/c1-4-26-23(30)17(2)27(16-18-7-9-19(24)10-8-18)22(29)6-5-15-28(33(3,31)32)21-13-11-20(25)12-14-21/h7-14,17H,4-6,15-16H2,1-3H3,(H,26,30). The Kier molecular flexibility index (Phi) is 9.67. The van der Waals surface area contributed by atoms with Gasteiger partial charge in [-0.15, -0.1) is 0 Å². The van der Waals surface area contributed by atoms with Crippen LogP contribution in [-0.4, -0.2) is 50.5 Å². The van der Waals surface area contributed by atoms with Crippen molar-refractivity contribution in [1.82, 2.24) is 10.2 Å². The Morgan fingerprint density at radius 3 is 2.24 bits per heavy atom. The molecule has 0 fully saturated rings. The van der Waals surface area contributed by atoms with Gasteiger partial charge in [-0.1, -0.05) is 23.7 Å². The molecule has 0 aliphatic rings. The van der Waals surface area contributed by atoms with Crippen molar-refractivity contribution >= 4 is 39.1 Å². The number of carbonyl (C=O) groups excluding carboxylic acids is 2. The average molecular weight is 498 g/mol. The maximum Gasteiger partial charge on any atom is 0.242 e. The van der Waals surface area contributed by atoms with Crippen LogP contribution in [0.25, 0.3) is 0 Å². The Hall–Kier alpha value is -2.65. The quantitative estimate of drug-likeness (QED) is 0.514. The molecule has 0 aliphatic heterocycles. The molecule has 1 unspecified atom stereocenters. The van der Waals surface area contributed by atoms with Gasteiger partial charge in [-0.05, 0) is 62.2 Å². The smallest absolute Gasteiger partial charge is 0.242 e. The molecule has 2 amide bonds. The number of hydrogen-bond acceptors (Lipinski definition) is 4. The van der Waals surface area contributed by atoms with Crippen molar-refractivity contribution in [2.24, 2.45) is 0 Å². The summed E-state index contributed by atoms with van der Waals surface area (Å²) in [5, 5.41) is 3.29. The molecule has 0 spiro atoms. The van der Waals surface area contributed by atoms with Crippen molar-refractivity contribution in [3.8, 4) is 0 Å². The molecular formula is C23H29ClFN3O4S. The zero-order chi connectivity index (χ0) is 24.6. The summed E-state index contributed by atoms with van der Waals surface area (Å²) in [5.74, 6) is -1.03. The number of likely N-dealkylation sites (N-methyl/N-ethyl adjacent to an activating group) is 1. The van der Waals surface area contributed by atoms with E-state index in [0.29, 0.717) is 17.3 Å². The molecule has 0 heterocycles. The van der Waals surface area contributed by atoms with E-state index in [4.69, 9.17) is 11.6 Å². The van der Waals surface area contributed by atoms with Crippen LogP contribution in [0.2, 0.25) is 5.02 Å². The zero-order valence-electron chi connectivity index (χ0n) is 18.9. The normalized spacial score (nSPS) is 12.2. The fraction of sp³-hybridized carbons (Fsp3) is 0.391. The topological polar surface area (TPSA) is 86.8 Å². The van der Waals surface area contributed by atoms with Gasteiger partial charge in [0.15, 0.2) is 0 Å². The third kappa shape index (κ3) is 8.01. The number of nitrogens with zero attached hydrogens (tertiary/aromatic N) is 2. The lowest BCUT2D eigenvalue weighted by Crippen LogP contribution is -2.47. The van der Waals surface area contributed by atoms with E-state index in [1.807, 2.05) is 0 Å². The molecule has 0 radical (unpaired) electrons. The van der Waals surface area contributed by atoms with Crippen LogP contribution in [0.3, 0.4) is 0 Å². The minimum atomic E-state index is -3.63. The highest BCUT2D eigenvalue weighted by Gasteiger charge is 2.26. The van der Waals surface area contributed by atoms with Gasteiger partial charge in [-0.3, -0.25) is 13.9 Å². The Bertz CT molecular complexity index is 1050. The number of nitrogens with one attached hydrogen (secondary N) is 1. The van der Waals surface area contributed by atoms with E-state index in [2.05, 4.69) is 5.32 Å². The van der Waals surface area contributed by atoms with Gasteiger partial charge in [0.05, 0.1) is 11.9 Å². The Morgan fingerprint density at radius 1 is 1.09 bits per heavy atom. The zero-order valence-corrected chi connectivity index (χ0v) is 20.5. The number of sulfonamides is 1. The fourth-order valence-corrected chi connectivity index (χ4v) is 4.39. The first-order valence-electron chi connectivity index (χ1n) is 10.6. The molecule has 2 rings (SSSR count). The first kappa shape index (κ1) is 26.6. The van der Waals surface area contributed by atoms with Crippen LogP contribution in [0, 0.1) is 5.82 Å². The largest absolute Gasteiger partial charge is 0.355 e. The van der Waals surface area contributed by atoms with E-state index in [-0.39, 0.29) is 37.7 Å². The molecule has 0 aliphatic carbocycles. The van der Waals surface area contributed by atoms with Gasteiger partial charge in [0.1, 0.15) is 11.9 Å². The maximum absolute atomic E-state index is 13.2. The number of anilines is 1. The predicted octanol–water partition coefficient (Wildman–Crippen LogP) is 3.58. The number of hydrogen-bond donors (Lipinski definition) is 1. The second-order valence-electron chi connectivity index (χ2n) is 7.63. The van der Waals surface area contributed by atoms with E-state index in [9.17, 15) is 22.4 Å². The molecule has 0 saturated carbocycles. The van der Waals surface area contributed by atoms with Gasteiger partial charge < -0.3 is 10.2 Å². The van der Waals surface area contributed by atoms with Crippen molar-refractivity contribution in [1.29, 1.82) is 0 Å². The first-order chi connectivity index (χ1) is 15.5. The van der Waals surface area contributed by atoms with Crippen molar-refractivity contribution in [3.05, 3.63) is 64.9 Å². The van der Waals surface area contributed by atoms with Gasteiger partial charge >= 0.3 is 0 Å². The summed E-state index contributed by atoms with van der Waals surface area (Å²) >= 11 is 5.94. The van der Waals surface area contributed by atoms with Crippen molar-refractivity contribution < 1.29 is 22.4 Å². The molecule has 1 atom stereocenters. The van der Waals surface area contributed by atoms with E-state index in [0.717, 1.165) is 16.1 Å². The molecule has 0 aromatic heterocycles. The van der Waals surface area contributed by atoms with Crippen LogP contribution in [0.5, 0.6) is 0 Å². The number of halogens is 2. The third-order valence-electron chi connectivity index (χ3n) is 5.05. The maximum atomic E-state index is 13.2. The van der Waals surface area contributed by atoms with E-state index in [1.54, 1.807) is 38.1 Å². The first-order valence-corrected chi connectivity index (χ1v) is 12.8. The van der Waals surface area contributed by atoms with Crippen molar-refractivity contribution in [3.63, 3.8) is 0 Å². The Morgan fingerprint density at radius 2 is 1.70 bits per heavy atom. The fourth-order valence-electron chi connectivity index (χ4n) is 3.30. The van der Waals surface area contributed by atoms with E-state index < -0.39 is 21.9 Å². The van der Waals surface area contributed by atoms with Crippen LogP contribution >= 0.6 is 11.6 Å². The lowest BCUT2D eigenvalue weighted by molar-refractivity contribution is -0.140. The molecule has 33 heavy (non-hydrogen) atoms. The highest BCUT2D eigenvalue weighted by molar-refractivity contribution is 7.92. The Balaban J connectivity index is 2.13. The van der Waals surface area contributed by atoms with Crippen LogP contribution in [0.1, 0.15) is 32.3 Å². The summed E-state index contributed by atoms with van der Waals surface area (Å²) in [4.78, 5) is 27.0. The highest BCUT2D eigenvalue weighted by Crippen LogP contribution is 2.20. The molecular weight excluding hydrogens is 469 g/mol. The minimum absolute atomic E-state index is 0.0323. The second kappa shape index (κ2) is 12.0. The van der Waals surface area contributed by atoms with Crippen LogP contribution in [0.4, 0.5) is 10.1 Å². The summed E-state index contributed by atoms with van der Waals surface area (Å²) < 4.78 is 38.8. The predicted molar refractivity (Wildman–Crippen MR) is 128 cm³/mol. The summed E-state index contributed by atoms with van der Waals surface area (Å²) in [6, 6.07) is 11.4. The van der Waals surface area contributed by atoms with Gasteiger partial charge in [0.2, 0.25) is 21.8 Å². The molecule has 0 saturated heterocycles. The van der Waals surface area contributed by atoms with Gasteiger partial charge in [-0.2, -0.15) is 0 Å². The van der Waals surface area contributed by atoms with Crippen molar-refractivity contribution in [2.45, 2.75) is 39.3 Å².